The molecule has 0 radical (unpaired) electrons. The van der Waals surface area contributed by atoms with E-state index in [1.807, 2.05) is 39.0 Å². The van der Waals surface area contributed by atoms with Crippen molar-refractivity contribution in [3.63, 3.8) is 0 Å². The molecule has 0 fully saturated rings. The van der Waals surface area contributed by atoms with Crippen molar-refractivity contribution in [3.05, 3.63) is 39.9 Å². The lowest BCUT2D eigenvalue weighted by molar-refractivity contribution is -0.383. The molecule has 1 atom stereocenters. The smallest absolute Gasteiger partial charge is 0.353 e. The summed E-state index contributed by atoms with van der Waals surface area (Å²) in [7, 11) is 0. The molecular formula is C15H20N6O2. The largest absolute Gasteiger partial charge is 0.378 e. The maximum absolute atomic E-state index is 11.3. The number of aromatic nitrogens is 2. The first-order chi connectivity index (χ1) is 10.9. The molecule has 4 N–H and O–H groups in total. The van der Waals surface area contributed by atoms with Crippen LogP contribution in [0.1, 0.15) is 25.8 Å². The summed E-state index contributed by atoms with van der Waals surface area (Å²) in [5, 5.41) is 17.3. The van der Waals surface area contributed by atoms with E-state index in [1.54, 1.807) is 6.07 Å². The van der Waals surface area contributed by atoms with Gasteiger partial charge >= 0.3 is 5.69 Å². The van der Waals surface area contributed by atoms with Crippen molar-refractivity contribution in [1.29, 1.82) is 0 Å². The standard InChI is InChI=1S/C15H20N6O2/c1-4-10(3)17-15-19-13(16)12(21(22)23)14(20-15)18-11-7-5-6-9(2)8-11/h5-8,10H,4H2,1-3H3,(H4,16,17,18,19,20)/t10-/m0/s1. The third kappa shape index (κ3) is 4.06. The molecule has 1 aromatic heterocycles. The first kappa shape index (κ1) is 16.5. The summed E-state index contributed by atoms with van der Waals surface area (Å²) in [5.74, 6) is 0.155. The number of hydrogen-bond donors (Lipinski definition) is 3. The number of aryl methyl sites for hydroxylation is 1. The highest BCUT2D eigenvalue weighted by Gasteiger charge is 2.23. The number of nitrogens with zero attached hydrogens (tertiary/aromatic N) is 3. The van der Waals surface area contributed by atoms with Crippen LogP contribution in [0.5, 0.6) is 0 Å². The van der Waals surface area contributed by atoms with Crippen molar-refractivity contribution in [2.24, 2.45) is 0 Å². The molecule has 2 rings (SSSR count). The fraction of sp³-hybridized carbons (Fsp3) is 0.333. The zero-order valence-electron chi connectivity index (χ0n) is 13.3. The predicted molar refractivity (Wildman–Crippen MR) is 90.9 cm³/mol. The summed E-state index contributed by atoms with van der Waals surface area (Å²) in [5.41, 5.74) is 7.14. The highest BCUT2D eigenvalue weighted by Crippen LogP contribution is 2.31. The van der Waals surface area contributed by atoms with Crippen molar-refractivity contribution in [3.8, 4) is 0 Å². The van der Waals surface area contributed by atoms with E-state index < -0.39 is 4.92 Å². The second-order valence-corrected chi connectivity index (χ2v) is 5.33. The van der Waals surface area contributed by atoms with Gasteiger partial charge in [-0.2, -0.15) is 9.97 Å². The van der Waals surface area contributed by atoms with Crippen molar-refractivity contribution in [2.45, 2.75) is 33.2 Å². The fourth-order valence-corrected chi connectivity index (χ4v) is 1.99. The van der Waals surface area contributed by atoms with Gasteiger partial charge in [0.2, 0.25) is 17.6 Å². The Kier molecular flexibility index (Phi) is 4.95. The molecule has 8 heteroatoms. The van der Waals surface area contributed by atoms with Crippen molar-refractivity contribution in [2.75, 3.05) is 16.4 Å². The first-order valence-electron chi connectivity index (χ1n) is 7.32. The van der Waals surface area contributed by atoms with Gasteiger partial charge in [0, 0.05) is 11.7 Å². The molecule has 8 nitrogen and oxygen atoms in total. The lowest BCUT2D eigenvalue weighted by Gasteiger charge is -2.14. The minimum Gasteiger partial charge on any atom is -0.378 e. The Morgan fingerprint density at radius 1 is 1.39 bits per heavy atom. The zero-order chi connectivity index (χ0) is 17.0. The summed E-state index contributed by atoms with van der Waals surface area (Å²) in [6, 6.07) is 7.58. The van der Waals surface area contributed by atoms with Crippen LogP contribution >= 0.6 is 0 Å². The summed E-state index contributed by atoms with van der Waals surface area (Å²) < 4.78 is 0. The summed E-state index contributed by atoms with van der Waals surface area (Å²) in [6.07, 6.45) is 0.862. The van der Waals surface area contributed by atoms with Gasteiger partial charge in [0.05, 0.1) is 4.92 Å². The Labute approximate surface area is 134 Å². The molecule has 0 saturated heterocycles. The maximum atomic E-state index is 11.3. The Morgan fingerprint density at radius 2 is 2.13 bits per heavy atom. The van der Waals surface area contributed by atoms with Crippen LogP contribution in [0.4, 0.5) is 29.0 Å². The van der Waals surface area contributed by atoms with Gasteiger partial charge in [0.25, 0.3) is 0 Å². The minimum absolute atomic E-state index is 0.0684. The number of benzene rings is 1. The molecule has 0 aliphatic carbocycles. The highest BCUT2D eigenvalue weighted by atomic mass is 16.6. The number of rotatable bonds is 6. The van der Waals surface area contributed by atoms with E-state index in [2.05, 4.69) is 20.6 Å². The summed E-state index contributed by atoms with van der Waals surface area (Å²) in [6.45, 7) is 5.91. The second-order valence-electron chi connectivity index (χ2n) is 5.33. The Balaban J connectivity index is 2.43. The number of nitrogen functional groups attached to an aromatic ring is 1. The first-order valence-corrected chi connectivity index (χ1v) is 7.32. The molecule has 0 aliphatic heterocycles. The molecule has 2 aromatic rings. The fourth-order valence-electron chi connectivity index (χ4n) is 1.99. The number of hydrogen-bond acceptors (Lipinski definition) is 7. The van der Waals surface area contributed by atoms with Gasteiger partial charge in [0.15, 0.2) is 0 Å². The Morgan fingerprint density at radius 3 is 2.74 bits per heavy atom. The SMILES string of the molecule is CC[C@H](C)Nc1nc(N)c([N+](=O)[O-])c(Nc2cccc(C)c2)n1. The lowest BCUT2D eigenvalue weighted by Crippen LogP contribution is -2.17. The molecule has 0 aliphatic rings. The highest BCUT2D eigenvalue weighted by molar-refractivity contribution is 5.74. The molecule has 0 bridgehead atoms. The molecule has 1 heterocycles. The van der Waals surface area contributed by atoms with E-state index in [0.29, 0.717) is 5.69 Å². The van der Waals surface area contributed by atoms with Crippen LogP contribution in [0, 0.1) is 17.0 Å². The molecular weight excluding hydrogens is 296 g/mol. The molecule has 0 unspecified atom stereocenters. The Hall–Kier alpha value is -2.90. The zero-order valence-corrected chi connectivity index (χ0v) is 13.3. The molecule has 122 valence electrons. The summed E-state index contributed by atoms with van der Waals surface area (Å²) in [4.78, 5) is 18.9. The van der Waals surface area contributed by atoms with Crippen LogP contribution in [0.2, 0.25) is 0 Å². The number of nitrogens with one attached hydrogen (secondary N) is 2. The van der Waals surface area contributed by atoms with Crippen LogP contribution in [-0.4, -0.2) is 20.9 Å². The summed E-state index contributed by atoms with van der Waals surface area (Å²) >= 11 is 0. The number of anilines is 4. The van der Waals surface area contributed by atoms with Crippen LogP contribution in [-0.2, 0) is 0 Å². The van der Waals surface area contributed by atoms with E-state index in [-0.39, 0.29) is 29.3 Å². The van der Waals surface area contributed by atoms with Gasteiger partial charge in [-0.15, -0.1) is 0 Å². The van der Waals surface area contributed by atoms with Crippen LogP contribution in [0.3, 0.4) is 0 Å². The van der Waals surface area contributed by atoms with Gasteiger partial charge in [-0.05, 0) is 38.0 Å². The van der Waals surface area contributed by atoms with Crippen molar-refractivity contribution in [1.82, 2.24) is 9.97 Å². The average molecular weight is 316 g/mol. The van der Waals surface area contributed by atoms with Gasteiger partial charge in [-0.1, -0.05) is 19.1 Å². The van der Waals surface area contributed by atoms with Gasteiger partial charge in [-0.25, -0.2) is 0 Å². The Bertz CT molecular complexity index is 719. The van der Waals surface area contributed by atoms with E-state index in [9.17, 15) is 10.1 Å². The topological polar surface area (TPSA) is 119 Å². The van der Waals surface area contributed by atoms with Crippen LogP contribution < -0.4 is 16.4 Å². The molecule has 0 spiro atoms. The average Bonchev–Trinajstić information content (AvgIpc) is 2.46. The third-order valence-corrected chi connectivity index (χ3v) is 3.36. The van der Waals surface area contributed by atoms with Gasteiger partial charge in [0.1, 0.15) is 0 Å². The molecule has 0 saturated carbocycles. The number of nitrogens with two attached hydrogens (primary N) is 1. The van der Waals surface area contributed by atoms with Gasteiger partial charge in [-0.3, -0.25) is 10.1 Å². The van der Waals surface area contributed by atoms with E-state index in [4.69, 9.17) is 5.73 Å². The van der Waals surface area contributed by atoms with Crippen molar-refractivity contribution >= 4 is 29.0 Å². The maximum Gasteiger partial charge on any atom is 0.353 e. The quantitative estimate of drug-likeness (QED) is 0.553. The molecule has 1 aromatic carbocycles. The minimum atomic E-state index is -0.583. The lowest BCUT2D eigenvalue weighted by atomic mass is 10.2. The number of nitro groups is 1. The molecule has 0 amide bonds. The monoisotopic (exact) mass is 316 g/mol. The molecule has 23 heavy (non-hydrogen) atoms. The van der Waals surface area contributed by atoms with E-state index in [0.717, 1.165) is 12.0 Å². The van der Waals surface area contributed by atoms with Crippen molar-refractivity contribution < 1.29 is 4.92 Å². The van der Waals surface area contributed by atoms with Crippen LogP contribution in [0.25, 0.3) is 0 Å². The third-order valence-electron chi connectivity index (χ3n) is 3.36. The normalized spacial score (nSPS) is 11.8. The second kappa shape index (κ2) is 6.91. The van der Waals surface area contributed by atoms with Crippen LogP contribution in [0.15, 0.2) is 24.3 Å². The van der Waals surface area contributed by atoms with Gasteiger partial charge < -0.3 is 16.4 Å². The van der Waals surface area contributed by atoms with E-state index in [1.165, 1.54) is 0 Å². The van der Waals surface area contributed by atoms with E-state index >= 15 is 0 Å². The predicted octanol–water partition coefficient (Wildman–Crippen LogP) is 3.23.